The molecule has 4 heteroatoms. The highest BCUT2D eigenvalue weighted by atomic mass is 16.5. The minimum atomic E-state index is -0.0565. The number of nitrogens with one attached hydrogen (secondary N) is 2. The van der Waals surface area contributed by atoms with E-state index < -0.39 is 0 Å². The fourth-order valence-corrected chi connectivity index (χ4v) is 3.76. The molecule has 2 aliphatic rings. The molecule has 0 saturated carbocycles. The van der Waals surface area contributed by atoms with E-state index >= 15 is 0 Å². The number of ether oxygens (including phenoxy) is 1. The van der Waals surface area contributed by atoms with Gasteiger partial charge < -0.3 is 15.4 Å². The Balaban J connectivity index is 1.62. The summed E-state index contributed by atoms with van der Waals surface area (Å²) in [7, 11) is 0. The second kappa shape index (κ2) is 6.29. The number of amides is 1. The maximum absolute atomic E-state index is 12.5. The SMILES string of the molecule is C[C@H](Oc1ccc2c(c1)C(=O)NC[C@H]1CNC[C@H]21)c1ccccc1. The van der Waals surface area contributed by atoms with Crippen molar-refractivity contribution in [2.75, 3.05) is 19.6 Å². The largest absolute Gasteiger partial charge is 0.486 e. The quantitative estimate of drug-likeness (QED) is 0.913. The second-order valence-corrected chi connectivity index (χ2v) is 6.65. The Morgan fingerprint density at radius 2 is 1.92 bits per heavy atom. The van der Waals surface area contributed by atoms with Gasteiger partial charge in [0.05, 0.1) is 0 Å². The van der Waals surface area contributed by atoms with Crippen molar-refractivity contribution in [2.24, 2.45) is 5.92 Å². The summed E-state index contributed by atoms with van der Waals surface area (Å²) in [5.74, 6) is 1.63. The lowest BCUT2D eigenvalue weighted by Crippen LogP contribution is -2.28. The second-order valence-electron chi connectivity index (χ2n) is 6.65. The number of carbonyl (C=O) groups is 1. The van der Waals surface area contributed by atoms with Crippen LogP contribution >= 0.6 is 0 Å². The van der Waals surface area contributed by atoms with Crippen molar-refractivity contribution >= 4 is 5.91 Å². The maximum atomic E-state index is 12.5. The predicted octanol–water partition coefficient (Wildman–Crippen LogP) is 2.87. The molecule has 24 heavy (non-hydrogen) atoms. The van der Waals surface area contributed by atoms with Crippen molar-refractivity contribution in [2.45, 2.75) is 18.9 Å². The van der Waals surface area contributed by atoms with Crippen LogP contribution in [0.25, 0.3) is 0 Å². The number of hydrogen-bond donors (Lipinski definition) is 2. The lowest BCUT2D eigenvalue weighted by atomic mass is 9.87. The molecule has 2 N–H and O–H groups in total. The van der Waals surface area contributed by atoms with E-state index in [2.05, 4.69) is 28.8 Å². The Bertz CT molecular complexity index is 745. The van der Waals surface area contributed by atoms with Crippen LogP contribution in [0.15, 0.2) is 48.5 Å². The fourth-order valence-electron chi connectivity index (χ4n) is 3.76. The Labute approximate surface area is 142 Å². The summed E-state index contributed by atoms with van der Waals surface area (Å²) >= 11 is 0. The molecular formula is C20H22N2O2. The van der Waals surface area contributed by atoms with Crippen molar-refractivity contribution in [3.05, 3.63) is 65.2 Å². The van der Waals surface area contributed by atoms with E-state index in [0.717, 1.165) is 42.1 Å². The normalized spacial score (nSPS) is 23.6. The van der Waals surface area contributed by atoms with Gasteiger partial charge in [-0.1, -0.05) is 36.4 Å². The lowest BCUT2D eigenvalue weighted by molar-refractivity contribution is 0.0951. The van der Waals surface area contributed by atoms with Gasteiger partial charge in [-0.25, -0.2) is 0 Å². The lowest BCUT2D eigenvalue weighted by Gasteiger charge is -2.19. The molecular weight excluding hydrogens is 300 g/mol. The van der Waals surface area contributed by atoms with E-state index in [0.29, 0.717) is 11.8 Å². The molecule has 2 heterocycles. The summed E-state index contributed by atoms with van der Waals surface area (Å²) in [5.41, 5.74) is 3.01. The minimum Gasteiger partial charge on any atom is -0.486 e. The van der Waals surface area contributed by atoms with Gasteiger partial charge in [0.2, 0.25) is 0 Å². The van der Waals surface area contributed by atoms with Crippen LogP contribution in [0.2, 0.25) is 0 Å². The highest BCUT2D eigenvalue weighted by Gasteiger charge is 2.34. The van der Waals surface area contributed by atoms with Crippen molar-refractivity contribution in [1.29, 1.82) is 0 Å². The molecule has 0 spiro atoms. The average molecular weight is 322 g/mol. The van der Waals surface area contributed by atoms with Crippen LogP contribution in [-0.2, 0) is 0 Å². The highest BCUT2D eigenvalue weighted by Crippen LogP contribution is 2.35. The molecule has 0 aliphatic carbocycles. The molecule has 0 unspecified atom stereocenters. The van der Waals surface area contributed by atoms with Crippen molar-refractivity contribution in [1.82, 2.24) is 10.6 Å². The molecule has 2 aromatic carbocycles. The standard InChI is InChI=1S/C20H22N2O2/c1-13(14-5-3-2-4-6-14)24-16-7-8-17-18(9-16)20(23)22-11-15-10-21-12-19(15)17/h2-9,13,15,19,21H,10-12H2,1H3,(H,22,23)/t13-,15+,19-/m0/s1. The zero-order chi connectivity index (χ0) is 16.5. The van der Waals surface area contributed by atoms with Crippen LogP contribution in [-0.4, -0.2) is 25.5 Å². The first-order valence-electron chi connectivity index (χ1n) is 8.57. The zero-order valence-electron chi connectivity index (χ0n) is 13.8. The molecule has 2 aliphatic heterocycles. The van der Waals surface area contributed by atoms with Gasteiger partial charge in [-0.2, -0.15) is 0 Å². The van der Waals surface area contributed by atoms with E-state index in [1.54, 1.807) is 0 Å². The topological polar surface area (TPSA) is 50.4 Å². The summed E-state index contributed by atoms with van der Waals surface area (Å²) in [6.07, 6.45) is -0.0565. The van der Waals surface area contributed by atoms with Gasteiger partial charge in [-0.3, -0.25) is 4.79 Å². The van der Waals surface area contributed by atoms with Gasteiger partial charge in [0.25, 0.3) is 5.91 Å². The van der Waals surface area contributed by atoms with E-state index in [1.165, 1.54) is 0 Å². The Morgan fingerprint density at radius 3 is 2.75 bits per heavy atom. The first-order valence-corrected chi connectivity index (χ1v) is 8.57. The first kappa shape index (κ1) is 15.2. The molecule has 3 atom stereocenters. The van der Waals surface area contributed by atoms with E-state index in [9.17, 15) is 4.79 Å². The van der Waals surface area contributed by atoms with Crippen LogP contribution in [0.3, 0.4) is 0 Å². The summed E-state index contributed by atoms with van der Waals surface area (Å²) in [6, 6.07) is 16.1. The van der Waals surface area contributed by atoms with Crippen LogP contribution in [0.5, 0.6) is 5.75 Å². The number of rotatable bonds is 3. The van der Waals surface area contributed by atoms with Crippen molar-refractivity contribution in [3.8, 4) is 5.75 Å². The third-order valence-electron chi connectivity index (χ3n) is 5.12. The smallest absolute Gasteiger partial charge is 0.251 e. The third kappa shape index (κ3) is 2.78. The molecule has 124 valence electrons. The van der Waals surface area contributed by atoms with Gasteiger partial charge in [0.1, 0.15) is 11.9 Å². The summed E-state index contributed by atoms with van der Waals surface area (Å²) in [4.78, 5) is 12.5. The minimum absolute atomic E-state index is 0.0113. The third-order valence-corrected chi connectivity index (χ3v) is 5.12. The maximum Gasteiger partial charge on any atom is 0.251 e. The summed E-state index contributed by atoms with van der Waals surface area (Å²) < 4.78 is 6.07. The van der Waals surface area contributed by atoms with Gasteiger partial charge in [-0.15, -0.1) is 0 Å². The first-order chi connectivity index (χ1) is 11.7. The Hall–Kier alpha value is -2.33. The van der Waals surface area contributed by atoms with Gasteiger partial charge in [-0.05, 0) is 36.1 Å². The van der Waals surface area contributed by atoms with E-state index in [1.807, 2.05) is 37.3 Å². The van der Waals surface area contributed by atoms with Gasteiger partial charge in [0.15, 0.2) is 0 Å². The highest BCUT2D eigenvalue weighted by molar-refractivity contribution is 5.96. The average Bonchev–Trinajstić information content (AvgIpc) is 3.04. The molecule has 0 aromatic heterocycles. The molecule has 4 nitrogen and oxygen atoms in total. The van der Waals surface area contributed by atoms with Crippen molar-refractivity contribution < 1.29 is 9.53 Å². The molecule has 0 radical (unpaired) electrons. The Kier molecular flexibility index (Phi) is 3.98. The van der Waals surface area contributed by atoms with Gasteiger partial charge >= 0.3 is 0 Å². The zero-order valence-corrected chi connectivity index (χ0v) is 13.8. The van der Waals surface area contributed by atoms with Crippen LogP contribution in [0, 0.1) is 5.92 Å². The fraction of sp³-hybridized carbons (Fsp3) is 0.350. The molecule has 1 fully saturated rings. The number of benzene rings is 2. The number of carbonyl (C=O) groups excluding carboxylic acids is 1. The van der Waals surface area contributed by atoms with Crippen LogP contribution in [0.4, 0.5) is 0 Å². The van der Waals surface area contributed by atoms with Crippen LogP contribution < -0.4 is 15.4 Å². The van der Waals surface area contributed by atoms with Crippen LogP contribution in [0.1, 0.15) is 40.4 Å². The Morgan fingerprint density at radius 1 is 1.08 bits per heavy atom. The predicted molar refractivity (Wildman–Crippen MR) is 93.4 cm³/mol. The summed E-state index contributed by atoms with van der Waals surface area (Å²) in [5, 5.41) is 6.48. The molecule has 1 saturated heterocycles. The van der Waals surface area contributed by atoms with E-state index in [4.69, 9.17) is 4.74 Å². The molecule has 0 bridgehead atoms. The monoisotopic (exact) mass is 322 g/mol. The summed E-state index contributed by atoms with van der Waals surface area (Å²) in [6.45, 7) is 4.67. The van der Waals surface area contributed by atoms with Crippen molar-refractivity contribution in [3.63, 3.8) is 0 Å². The van der Waals surface area contributed by atoms with Gasteiger partial charge in [0, 0.05) is 31.1 Å². The molecule has 4 rings (SSSR count). The number of hydrogen-bond acceptors (Lipinski definition) is 3. The number of fused-ring (bicyclic) bond motifs is 3. The molecule has 1 amide bonds. The van der Waals surface area contributed by atoms with E-state index in [-0.39, 0.29) is 12.0 Å². The molecule has 2 aromatic rings.